The van der Waals surface area contributed by atoms with Crippen LogP contribution in [-0.4, -0.2) is 35.7 Å². The van der Waals surface area contributed by atoms with Gasteiger partial charge in [-0.15, -0.1) is 0 Å². The molecule has 1 heterocycles. The van der Waals surface area contributed by atoms with Crippen molar-refractivity contribution in [3.8, 4) is 0 Å². The molecular formula is C14H29N3O2. The van der Waals surface area contributed by atoms with E-state index < -0.39 is 5.60 Å². The number of nitrogens with two attached hydrogens (primary N) is 1. The number of nitrogens with zero attached hydrogens (tertiary/aromatic N) is 1. The second kappa shape index (κ2) is 6.57. The lowest BCUT2D eigenvalue weighted by molar-refractivity contribution is 0.0283. The standard InChI is InChI=1S/C14H29N3O2/c1-6-10(2)12(16-15)11-7-8-17(9-11)13(18)19-14(3,4)5/h10-12,16H,6-9,15H2,1-5H3. The van der Waals surface area contributed by atoms with Crippen molar-refractivity contribution < 1.29 is 9.53 Å². The number of rotatable bonds is 4. The molecule has 112 valence electrons. The summed E-state index contributed by atoms with van der Waals surface area (Å²) in [6.45, 7) is 11.5. The predicted molar refractivity (Wildman–Crippen MR) is 76.5 cm³/mol. The molecule has 0 saturated carbocycles. The molecule has 1 saturated heterocycles. The Kier molecular flexibility index (Phi) is 5.62. The van der Waals surface area contributed by atoms with Crippen LogP contribution in [0.25, 0.3) is 0 Å². The minimum absolute atomic E-state index is 0.213. The number of carbonyl (C=O) groups excluding carboxylic acids is 1. The number of ether oxygens (including phenoxy) is 1. The van der Waals surface area contributed by atoms with E-state index in [2.05, 4.69) is 19.3 Å². The molecule has 0 radical (unpaired) electrons. The van der Waals surface area contributed by atoms with Crippen LogP contribution in [0.3, 0.4) is 0 Å². The number of hydrogen-bond acceptors (Lipinski definition) is 4. The third kappa shape index (κ3) is 4.66. The zero-order chi connectivity index (χ0) is 14.6. The third-order valence-electron chi connectivity index (χ3n) is 3.83. The Balaban J connectivity index is 2.55. The van der Waals surface area contributed by atoms with Gasteiger partial charge in [0, 0.05) is 19.1 Å². The van der Waals surface area contributed by atoms with Crippen molar-refractivity contribution >= 4 is 6.09 Å². The Bertz CT molecular complexity index is 302. The van der Waals surface area contributed by atoms with Crippen molar-refractivity contribution in [2.45, 2.75) is 59.1 Å². The fourth-order valence-electron chi connectivity index (χ4n) is 2.59. The molecule has 0 aromatic rings. The highest BCUT2D eigenvalue weighted by Crippen LogP contribution is 2.26. The minimum atomic E-state index is -0.433. The molecule has 1 aliphatic heterocycles. The van der Waals surface area contributed by atoms with Gasteiger partial charge in [0.2, 0.25) is 0 Å². The van der Waals surface area contributed by atoms with Crippen LogP contribution in [0.1, 0.15) is 47.5 Å². The van der Waals surface area contributed by atoms with E-state index in [1.165, 1.54) is 0 Å². The quantitative estimate of drug-likeness (QED) is 0.607. The van der Waals surface area contributed by atoms with Crippen LogP contribution < -0.4 is 11.3 Å². The number of carbonyl (C=O) groups is 1. The van der Waals surface area contributed by atoms with Crippen molar-refractivity contribution in [1.29, 1.82) is 0 Å². The topological polar surface area (TPSA) is 67.6 Å². The average Bonchev–Trinajstić information content (AvgIpc) is 2.77. The Labute approximate surface area is 116 Å². The molecule has 0 aliphatic carbocycles. The maximum absolute atomic E-state index is 12.0. The van der Waals surface area contributed by atoms with Gasteiger partial charge in [0.05, 0.1) is 0 Å². The Hall–Kier alpha value is -0.810. The highest BCUT2D eigenvalue weighted by atomic mass is 16.6. The lowest BCUT2D eigenvalue weighted by Crippen LogP contribution is -2.46. The number of hydrogen-bond donors (Lipinski definition) is 2. The molecule has 5 heteroatoms. The van der Waals surface area contributed by atoms with Gasteiger partial charge in [-0.2, -0.15) is 0 Å². The largest absolute Gasteiger partial charge is 0.444 e. The Morgan fingerprint density at radius 1 is 1.53 bits per heavy atom. The number of nitrogens with one attached hydrogen (secondary N) is 1. The summed E-state index contributed by atoms with van der Waals surface area (Å²) in [6.07, 6.45) is 1.85. The molecule has 1 rings (SSSR count). The van der Waals surface area contributed by atoms with Crippen LogP contribution in [0, 0.1) is 11.8 Å². The first kappa shape index (κ1) is 16.2. The maximum Gasteiger partial charge on any atom is 0.410 e. The summed E-state index contributed by atoms with van der Waals surface area (Å²) < 4.78 is 5.41. The summed E-state index contributed by atoms with van der Waals surface area (Å²) in [5.74, 6) is 6.59. The van der Waals surface area contributed by atoms with Gasteiger partial charge >= 0.3 is 6.09 Å². The van der Waals surface area contributed by atoms with E-state index in [0.29, 0.717) is 11.8 Å². The molecule has 5 nitrogen and oxygen atoms in total. The fourth-order valence-corrected chi connectivity index (χ4v) is 2.59. The summed E-state index contributed by atoms with van der Waals surface area (Å²) >= 11 is 0. The second-order valence-corrected chi connectivity index (χ2v) is 6.55. The van der Waals surface area contributed by atoms with E-state index in [4.69, 9.17) is 10.6 Å². The number of likely N-dealkylation sites (tertiary alicyclic amines) is 1. The predicted octanol–water partition coefficient (Wildman–Crippen LogP) is 2.12. The Morgan fingerprint density at radius 2 is 2.16 bits per heavy atom. The SMILES string of the molecule is CCC(C)C(NN)C1CCN(C(=O)OC(C)(C)C)C1. The highest BCUT2D eigenvalue weighted by Gasteiger charge is 2.35. The van der Waals surface area contributed by atoms with Gasteiger partial charge in [-0.1, -0.05) is 20.3 Å². The number of amides is 1. The normalized spacial score (nSPS) is 23.3. The first-order valence-electron chi connectivity index (χ1n) is 7.22. The molecule has 3 N–H and O–H groups in total. The van der Waals surface area contributed by atoms with Crippen LogP contribution in [-0.2, 0) is 4.74 Å². The van der Waals surface area contributed by atoms with Crippen LogP contribution in [0.15, 0.2) is 0 Å². The molecule has 3 unspecified atom stereocenters. The van der Waals surface area contributed by atoms with Crippen molar-refractivity contribution in [2.75, 3.05) is 13.1 Å². The molecule has 1 fully saturated rings. The zero-order valence-electron chi connectivity index (χ0n) is 12.9. The summed E-state index contributed by atoms with van der Waals surface area (Å²) in [6, 6.07) is 0.262. The van der Waals surface area contributed by atoms with Gasteiger partial charge in [0.1, 0.15) is 5.60 Å². The molecule has 0 spiro atoms. The average molecular weight is 271 g/mol. The Morgan fingerprint density at radius 3 is 2.63 bits per heavy atom. The number of hydrazine groups is 1. The molecule has 3 atom stereocenters. The van der Waals surface area contributed by atoms with Crippen molar-refractivity contribution in [1.82, 2.24) is 10.3 Å². The van der Waals surface area contributed by atoms with E-state index in [0.717, 1.165) is 25.9 Å². The minimum Gasteiger partial charge on any atom is -0.444 e. The van der Waals surface area contributed by atoms with E-state index >= 15 is 0 Å². The van der Waals surface area contributed by atoms with Crippen molar-refractivity contribution in [3.05, 3.63) is 0 Å². The van der Waals surface area contributed by atoms with Crippen LogP contribution >= 0.6 is 0 Å². The van der Waals surface area contributed by atoms with Gasteiger partial charge in [-0.25, -0.2) is 4.79 Å². The third-order valence-corrected chi connectivity index (χ3v) is 3.83. The molecule has 1 aliphatic rings. The second-order valence-electron chi connectivity index (χ2n) is 6.55. The highest BCUT2D eigenvalue weighted by molar-refractivity contribution is 5.68. The molecule has 0 aromatic heterocycles. The first-order valence-corrected chi connectivity index (χ1v) is 7.22. The van der Waals surface area contributed by atoms with Crippen LogP contribution in [0.2, 0.25) is 0 Å². The first-order chi connectivity index (χ1) is 8.78. The summed E-state index contributed by atoms with van der Waals surface area (Å²) in [7, 11) is 0. The van der Waals surface area contributed by atoms with Gasteiger partial charge < -0.3 is 9.64 Å². The van der Waals surface area contributed by atoms with Gasteiger partial charge in [-0.3, -0.25) is 11.3 Å². The van der Waals surface area contributed by atoms with Gasteiger partial charge in [-0.05, 0) is 39.0 Å². The maximum atomic E-state index is 12.0. The molecular weight excluding hydrogens is 242 g/mol. The molecule has 1 amide bonds. The van der Waals surface area contributed by atoms with E-state index in [1.54, 1.807) is 4.90 Å². The molecule has 0 aromatic carbocycles. The van der Waals surface area contributed by atoms with E-state index in [9.17, 15) is 4.79 Å². The zero-order valence-corrected chi connectivity index (χ0v) is 12.9. The van der Waals surface area contributed by atoms with Gasteiger partial charge in [0.15, 0.2) is 0 Å². The lowest BCUT2D eigenvalue weighted by atomic mass is 9.87. The fraction of sp³-hybridized carbons (Fsp3) is 0.929. The molecule has 19 heavy (non-hydrogen) atoms. The van der Waals surface area contributed by atoms with E-state index in [-0.39, 0.29) is 12.1 Å². The molecule has 0 bridgehead atoms. The summed E-state index contributed by atoms with van der Waals surface area (Å²) in [4.78, 5) is 13.8. The summed E-state index contributed by atoms with van der Waals surface area (Å²) in [5, 5.41) is 0. The van der Waals surface area contributed by atoms with Crippen LogP contribution in [0.4, 0.5) is 4.79 Å². The lowest BCUT2D eigenvalue weighted by Gasteiger charge is -2.29. The van der Waals surface area contributed by atoms with Crippen LogP contribution in [0.5, 0.6) is 0 Å². The van der Waals surface area contributed by atoms with Crippen molar-refractivity contribution in [3.63, 3.8) is 0 Å². The van der Waals surface area contributed by atoms with Crippen molar-refractivity contribution in [2.24, 2.45) is 17.7 Å². The van der Waals surface area contributed by atoms with E-state index in [1.807, 2.05) is 20.8 Å². The summed E-state index contributed by atoms with van der Waals surface area (Å²) in [5.41, 5.74) is 2.49. The smallest absolute Gasteiger partial charge is 0.410 e. The van der Waals surface area contributed by atoms with Gasteiger partial charge in [0.25, 0.3) is 0 Å². The monoisotopic (exact) mass is 271 g/mol.